The van der Waals surface area contributed by atoms with Gasteiger partial charge in [-0.25, -0.2) is 0 Å². The standard InChI is InChI=1S/C58H41NO/c1-57(2)49-23-12-9-20-44(49)47-34-32-43(37-53(47)57)59(41-30-28-39(29-31-41)38-16-5-3-6-17-38)42-33-35-54-48(36-42)56-52(26-15-27-55(56)60-54)58(40-18-7-4-8-19-40)50-24-13-10-21-45(50)46-22-11-14-25-51(46)58/h3-37H,1-2H3. The third kappa shape index (κ3) is 4.88. The lowest BCUT2D eigenvalue weighted by atomic mass is 9.66. The van der Waals surface area contributed by atoms with Crippen LogP contribution in [0.15, 0.2) is 217 Å². The lowest BCUT2D eigenvalue weighted by molar-refractivity contribution is 0.660. The van der Waals surface area contributed by atoms with E-state index < -0.39 is 5.41 Å². The number of hydrogen-bond donors (Lipinski definition) is 0. The van der Waals surface area contributed by atoms with E-state index in [4.69, 9.17) is 4.42 Å². The van der Waals surface area contributed by atoms with Gasteiger partial charge in [-0.15, -0.1) is 0 Å². The summed E-state index contributed by atoms with van der Waals surface area (Å²) in [5.74, 6) is 0. The molecule has 284 valence electrons. The van der Waals surface area contributed by atoms with E-state index in [0.29, 0.717) is 0 Å². The maximum Gasteiger partial charge on any atom is 0.135 e. The molecule has 1 heterocycles. The first-order valence-corrected chi connectivity index (χ1v) is 20.9. The fourth-order valence-electron chi connectivity index (χ4n) is 10.7. The molecule has 60 heavy (non-hydrogen) atoms. The van der Waals surface area contributed by atoms with Crippen molar-refractivity contribution in [1.29, 1.82) is 0 Å². The molecule has 1 aromatic heterocycles. The molecule has 10 aromatic rings. The van der Waals surface area contributed by atoms with Crippen molar-refractivity contribution in [2.45, 2.75) is 24.7 Å². The first-order chi connectivity index (χ1) is 29.5. The third-order valence-corrected chi connectivity index (χ3v) is 13.4. The molecular weight excluding hydrogens is 727 g/mol. The number of fused-ring (bicyclic) bond motifs is 9. The molecule has 9 aromatic carbocycles. The van der Waals surface area contributed by atoms with Crippen LogP contribution in [0.2, 0.25) is 0 Å². The molecule has 0 amide bonds. The van der Waals surface area contributed by atoms with Crippen LogP contribution in [0, 0.1) is 0 Å². The fourth-order valence-corrected chi connectivity index (χ4v) is 10.7. The Morgan fingerprint density at radius 3 is 1.58 bits per heavy atom. The zero-order valence-electron chi connectivity index (χ0n) is 33.6. The quantitative estimate of drug-likeness (QED) is 0.168. The van der Waals surface area contributed by atoms with Gasteiger partial charge in [-0.05, 0) is 115 Å². The van der Waals surface area contributed by atoms with Crippen molar-refractivity contribution in [3.05, 3.63) is 246 Å². The van der Waals surface area contributed by atoms with Crippen LogP contribution in [0.4, 0.5) is 17.1 Å². The van der Waals surface area contributed by atoms with Crippen molar-refractivity contribution in [3.8, 4) is 33.4 Å². The summed E-state index contributed by atoms with van der Waals surface area (Å²) in [4.78, 5) is 2.42. The van der Waals surface area contributed by atoms with E-state index in [1.807, 2.05) is 0 Å². The molecule has 0 bridgehead atoms. The van der Waals surface area contributed by atoms with Crippen molar-refractivity contribution in [2.75, 3.05) is 4.90 Å². The summed E-state index contributed by atoms with van der Waals surface area (Å²) < 4.78 is 6.83. The Kier molecular flexibility index (Phi) is 7.52. The average molecular weight is 768 g/mol. The monoisotopic (exact) mass is 767 g/mol. The van der Waals surface area contributed by atoms with Crippen LogP contribution in [0.5, 0.6) is 0 Å². The fraction of sp³-hybridized carbons (Fsp3) is 0.0690. The molecule has 0 atom stereocenters. The second kappa shape index (κ2) is 13.0. The highest BCUT2D eigenvalue weighted by Gasteiger charge is 2.47. The highest BCUT2D eigenvalue weighted by molar-refractivity contribution is 6.10. The van der Waals surface area contributed by atoms with E-state index in [0.717, 1.165) is 39.0 Å². The summed E-state index contributed by atoms with van der Waals surface area (Å²) in [5.41, 5.74) is 19.7. The molecule has 2 nitrogen and oxygen atoms in total. The maximum absolute atomic E-state index is 6.83. The van der Waals surface area contributed by atoms with Gasteiger partial charge in [-0.3, -0.25) is 0 Å². The summed E-state index contributed by atoms with van der Waals surface area (Å²) in [6.07, 6.45) is 0. The van der Waals surface area contributed by atoms with Gasteiger partial charge in [-0.2, -0.15) is 0 Å². The molecule has 0 fully saturated rings. The third-order valence-electron chi connectivity index (χ3n) is 13.4. The zero-order valence-corrected chi connectivity index (χ0v) is 33.6. The van der Waals surface area contributed by atoms with Crippen LogP contribution in [0.25, 0.3) is 55.3 Å². The van der Waals surface area contributed by atoms with Crippen LogP contribution in [-0.2, 0) is 10.8 Å². The Labute approximate surface area is 350 Å². The molecule has 0 unspecified atom stereocenters. The van der Waals surface area contributed by atoms with Gasteiger partial charge >= 0.3 is 0 Å². The molecule has 2 heteroatoms. The molecule has 0 radical (unpaired) electrons. The molecule has 0 saturated heterocycles. The predicted molar refractivity (Wildman–Crippen MR) is 249 cm³/mol. The van der Waals surface area contributed by atoms with Crippen LogP contribution in [0.1, 0.15) is 47.2 Å². The second-order valence-corrected chi connectivity index (χ2v) is 16.8. The van der Waals surface area contributed by atoms with Crippen LogP contribution >= 0.6 is 0 Å². The minimum atomic E-state index is -0.561. The normalized spacial score (nSPS) is 14.1. The number of hydrogen-bond acceptors (Lipinski definition) is 2. The van der Waals surface area contributed by atoms with Gasteiger partial charge in [0, 0.05) is 33.2 Å². The Bertz CT molecular complexity index is 3240. The van der Waals surface area contributed by atoms with Gasteiger partial charge in [0.15, 0.2) is 0 Å². The highest BCUT2D eigenvalue weighted by Crippen LogP contribution is 2.58. The minimum absolute atomic E-state index is 0.135. The lowest BCUT2D eigenvalue weighted by Gasteiger charge is -2.34. The van der Waals surface area contributed by atoms with Crippen LogP contribution < -0.4 is 4.90 Å². The summed E-state index contributed by atoms with van der Waals surface area (Å²) in [6.45, 7) is 4.71. The van der Waals surface area contributed by atoms with E-state index in [-0.39, 0.29) is 5.41 Å². The molecule has 0 N–H and O–H groups in total. The predicted octanol–water partition coefficient (Wildman–Crippen LogP) is 15.4. The highest BCUT2D eigenvalue weighted by atomic mass is 16.3. The van der Waals surface area contributed by atoms with E-state index in [1.54, 1.807) is 0 Å². The van der Waals surface area contributed by atoms with Crippen molar-refractivity contribution in [1.82, 2.24) is 0 Å². The summed E-state index contributed by atoms with van der Waals surface area (Å²) >= 11 is 0. The van der Waals surface area contributed by atoms with Crippen molar-refractivity contribution in [2.24, 2.45) is 0 Å². The Hall–Kier alpha value is -7.42. The number of rotatable bonds is 6. The second-order valence-electron chi connectivity index (χ2n) is 16.8. The van der Waals surface area contributed by atoms with E-state index in [2.05, 4.69) is 231 Å². The first kappa shape index (κ1) is 34.6. The van der Waals surface area contributed by atoms with Crippen LogP contribution in [-0.4, -0.2) is 0 Å². The summed E-state index contributed by atoms with van der Waals surface area (Å²) in [7, 11) is 0. The number of furan rings is 1. The molecule has 0 aliphatic heterocycles. The summed E-state index contributed by atoms with van der Waals surface area (Å²) in [6, 6.07) is 77.8. The van der Waals surface area contributed by atoms with Crippen molar-refractivity contribution in [3.63, 3.8) is 0 Å². The summed E-state index contributed by atoms with van der Waals surface area (Å²) in [5, 5.41) is 2.23. The number of anilines is 3. The molecule has 12 rings (SSSR count). The van der Waals surface area contributed by atoms with Gasteiger partial charge < -0.3 is 9.32 Å². The van der Waals surface area contributed by atoms with E-state index in [9.17, 15) is 0 Å². The van der Waals surface area contributed by atoms with E-state index in [1.165, 1.54) is 66.8 Å². The van der Waals surface area contributed by atoms with Gasteiger partial charge in [0.25, 0.3) is 0 Å². The SMILES string of the molecule is CC1(C)c2ccccc2-c2ccc(N(c3ccc(-c4ccccc4)cc3)c3ccc4oc5cccc(C6(c7ccccc7)c7ccccc7-c7ccccc76)c5c4c3)cc21. The molecule has 2 aliphatic carbocycles. The van der Waals surface area contributed by atoms with Crippen molar-refractivity contribution >= 4 is 39.0 Å². The Morgan fingerprint density at radius 1 is 0.367 bits per heavy atom. The molecule has 0 spiro atoms. The Balaban J connectivity index is 1.11. The smallest absolute Gasteiger partial charge is 0.135 e. The lowest BCUT2D eigenvalue weighted by Crippen LogP contribution is -2.28. The van der Waals surface area contributed by atoms with Crippen LogP contribution in [0.3, 0.4) is 0 Å². The molecule has 0 saturated carbocycles. The number of nitrogens with zero attached hydrogens (tertiary/aromatic N) is 1. The zero-order chi connectivity index (χ0) is 40.0. The Morgan fingerprint density at radius 2 is 0.883 bits per heavy atom. The van der Waals surface area contributed by atoms with E-state index >= 15 is 0 Å². The van der Waals surface area contributed by atoms with Gasteiger partial charge in [-0.1, -0.05) is 178 Å². The topological polar surface area (TPSA) is 16.4 Å². The van der Waals surface area contributed by atoms with Crippen molar-refractivity contribution < 1.29 is 4.42 Å². The maximum atomic E-state index is 6.83. The largest absolute Gasteiger partial charge is 0.456 e. The average Bonchev–Trinajstić information content (AvgIpc) is 3.91. The first-order valence-electron chi connectivity index (χ1n) is 20.9. The molecule has 2 aliphatic rings. The van der Waals surface area contributed by atoms with Gasteiger partial charge in [0.05, 0.1) is 5.41 Å². The van der Waals surface area contributed by atoms with Gasteiger partial charge in [0.1, 0.15) is 11.2 Å². The minimum Gasteiger partial charge on any atom is -0.456 e. The molecular formula is C58H41NO. The number of benzene rings is 9. The van der Waals surface area contributed by atoms with Gasteiger partial charge in [0.2, 0.25) is 0 Å².